The Morgan fingerprint density at radius 3 is 2.24 bits per heavy atom. The number of halogens is 7. The zero-order chi connectivity index (χ0) is 24.5. The van der Waals surface area contributed by atoms with Gasteiger partial charge in [0.25, 0.3) is 0 Å². The Morgan fingerprint density at radius 2 is 1.82 bits per heavy atom. The number of nitrogens with one attached hydrogen (secondary N) is 1. The molecule has 1 aromatic heterocycles. The van der Waals surface area contributed by atoms with E-state index >= 15 is 0 Å². The Kier molecular flexibility index (Phi) is 5.00. The van der Waals surface area contributed by atoms with E-state index in [-0.39, 0.29) is 34.9 Å². The van der Waals surface area contributed by atoms with Crippen LogP contribution in [0.25, 0.3) is 5.69 Å². The molecular formula is C19H18Cl2F5N5OS. The maximum absolute atomic E-state index is 13.3. The van der Waals surface area contributed by atoms with Crippen LogP contribution in [0.3, 0.4) is 0 Å². The summed E-state index contributed by atoms with van der Waals surface area (Å²) in [5.74, 6) is -0.0487. The van der Waals surface area contributed by atoms with Crippen LogP contribution in [0, 0.1) is 17.2 Å². The second kappa shape index (κ2) is 6.90. The first-order valence-electron chi connectivity index (χ1n) is 9.88. The summed E-state index contributed by atoms with van der Waals surface area (Å²) in [7, 11) is -10.1. The average molecular weight is 530 g/mol. The Labute approximate surface area is 195 Å². The highest BCUT2D eigenvalue weighted by Gasteiger charge is 2.65. The van der Waals surface area contributed by atoms with E-state index in [0.29, 0.717) is 25.3 Å². The van der Waals surface area contributed by atoms with Gasteiger partial charge in [0.05, 0.1) is 15.5 Å². The lowest BCUT2D eigenvalue weighted by molar-refractivity contribution is -0.120. The maximum atomic E-state index is 13.3. The molecule has 14 heteroatoms. The largest absolute Gasteiger partial charge is 0.370 e. The molecule has 0 aliphatic heterocycles. The third kappa shape index (κ3) is 4.46. The monoisotopic (exact) mass is 529 g/mol. The predicted molar refractivity (Wildman–Crippen MR) is 116 cm³/mol. The number of hydrogen-bond donors (Lipinski definition) is 2. The molecule has 1 amide bonds. The van der Waals surface area contributed by atoms with Crippen molar-refractivity contribution in [1.82, 2.24) is 9.78 Å². The molecule has 180 valence electrons. The minimum atomic E-state index is -10.1. The molecule has 0 bridgehead atoms. The van der Waals surface area contributed by atoms with Crippen LogP contribution in [-0.4, -0.2) is 22.2 Å². The molecule has 3 N–H and O–H groups in total. The van der Waals surface area contributed by atoms with Gasteiger partial charge in [-0.05, 0) is 37.3 Å². The number of primary amides is 1. The molecule has 0 atom stereocenters. The lowest BCUT2D eigenvalue weighted by Gasteiger charge is -2.40. The number of nitriles is 1. The average Bonchev–Trinajstić information content (AvgIpc) is 3.58. The first kappa shape index (κ1) is 23.9. The SMILES string of the molecule is N#Cc1nn(-c2c(Cl)cc(S(F)(F)(F)(F)F)cc2Cl)c(NCCC2CC2)c1C1(C(N)=O)CC1. The molecule has 2 saturated carbocycles. The van der Waals surface area contributed by atoms with E-state index in [9.17, 15) is 29.5 Å². The van der Waals surface area contributed by atoms with E-state index in [1.807, 2.05) is 6.07 Å². The lowest BCUT2D eigenvalue weighted by Crippen LogP contribution is -2.29. The van der Waals surface area contributed by atoms with Crippen molar-refractivity contribution in [2.24, 2.45) is 11.7 Å². The number of aromatic nitrogens is 2. The summed E-state index contributed by atoms with van der Waals surface area (Å²) >= 11 is 12.0. The van der Waals surface area contributed by atoms with Crippen LogP contribution in [0.15, 0.2) is 17.0 Å². The summed E-state index contributed by atoms with van der Waals surface area (Å²) in [4.78, 5) is 9.94. The number of carbonyl (C=O) groups is 1. The molecule has 0 unspecified atom stereocenters. The van der Waals surface area contributed by atoms with Crippen molar-refractivity contribution in [3.63, 3.8) is 0 Å². The van der Waals surface area contributed by atoms with Gasteiger partial charge in [0.2, 0.25) is 5.91 Å². The molecular weight excluding hydrogens is 512 g/mol. The number of nitrogens with zero attached hydrogens (tertiary/aromatic N) is 3. The number of benzene rings is 1. The number of hydrogen-bond acceptors (Lipinski definition) is 4. The summed E-state index contributed by atoms with van der Waals surface area (Å²) in [6, 6.07) is 2.02. The molecule has 2 aliphatic carbocycles. The summed E-state index contributed by atoms with van der Waals surface area (Å²) in [6.45, 7) is 0.405. The van der Waals surface area contributed by atoms with E-state index in [2.05, 4.69) is 10.4 Å². The van der Waals surface area contributed by atoms with Gasteiger partial charge in [-0.25, -0.2) is 4.68 Å². The smallest absolute Gasteiger partial charge is 0.310 e. The zero-order valence-electron chi connectivity index (χ0n) is 16.9. The quantitative estimate of drug-likeness (QED) is 0.384. The molecule has 2 aromatic rings. The number of anilines is 1. The minimum absolute atomic E-state index is 0.0761. The van der Waals surface area contributed by atoms with Gasteiger partial charge < -0.3 is 11.1 Å². The fourth-order valence-corrected chi connectivity index (χ4v) is 5.25. The highest BCUT2D eigenvalue weighted by molar-refractivity contribution is 8.45. The Morgan fingerprint density at radius 1 is 1.24 bits per heavy atom. The van der Waals surface area contributed by atoms with Crippen LogP contribution < -0.4 is 11.1 Å². The standard InChI is InChI=1S/C19H18Cl2F5N5OS/c20-12-7-11(33(22,23,24,25)26)8-13(21)16(12)31-17(29-6-3-10-1-2-10)15(14(9-27)30-31)19(4-5-19)18(28)32/h7-8,10,29H,1-6H2,(H2,28,32). The van der Waals surface area contributed by atoms with Crippen LogP contribution in [0.5, 0.6) is 0 Å². The van der Waals surface area contributed by atoms with Crippen molar-refractivity contribution < 1.29 is 24.2 Å². The van der Waals surface area contributed by atoms with Gasteiger partial charge in [-0.15, -0.1) is 0 Å². The summed E-state index contributed by atoms with van der Waals surface area (Å²) in [5.41, 5.74) is 4.08. The normalized spacial score (nSPS) is 19.3. The molecule has 33 heavy (non-hydrogen) atoms. The maximum Gasteiger partial charge on any atom is 0.310 e. The Bertz CT molecular complexity index is 1190. The first-order valence-corrected chi connectivity index (χ1v) is 12.6. The van der Waals surface area contributed by atoms with Crippen LogP contribution in [0.1, 0.15) is 43.4 Å². The molecule has 0 saturated heterocycles. The Hall–Kier alpha value is -2.23. The van der Waals surface area contributed by atoms with Gasteiger partial charge in [0, 0.05) is 12.1 Å². The molecule has 1 heterocycles. The summed E-state index contributed by atoms with van der Waals surface area (Å²) < 4.78 is 67.5. The lowest BCUT2D eigenvalue weighted by atomic mass is 9.94. The van der Waals surface area contributed by atoms with Crippen molar-refractivity contribution in [1.29, 1.82) is 5.26 Å². The summed E-state index contributed by atoms with van der Waals surface area (Å²) in [6.07, 6.45) is 3.60. The van der Waals surface area contributed by atoms with Gasteiger partial charge in [-0.3, -0.25) is 4.79 Å². The first-order chi connectivity index (χ1) is 15.1. The highest BCUT2D eigenvalue weighted by atomic mass is 35.5. The molecule has 1 aromatic carbocycles. The second-order valence-corrected chi connectivity index (χ2v) is 11.6. The van der Waals surface area contributed by atoms with Gasteiger partial charge in [0.15, 0.2) is 5.69 Å². The van der Waals surface area contributed by atoms with Crippen molar-refractivity contribution in [2.75, 3.05) is 11.9 Å². The Balaban J connectivity index is 1.90. The summed E-state index contributed by atoms with van der Waals surface area (Å²) in [5, 5.41) is 15.3. The van der Waals surface area contributed by atoms with Gasteiger partial charge >= 0.3 is 10.2 Å². The predicted octanol–water partition coefficient (Wildman–Crippen LogP) is 6.44. The van der Waals surface area contributed by atoms with E-state index in [1.54, 1.807) is 0 Å². The third-order valence-electron chi connectivity index (χ3n) is 5.88. The minimum Gasteiger partial charge on any atom is -0.370 e. The van der Waals surface area contributed by atoms with Crippen LogP contribution in [0.2, 0.25) is 10.0 Å². The van der Waals surface area contributed by atoms with Crippen molar-refractivity contribution >= 4 is 45.2 Å². The van der Waals surface area contributed by atoms with E-state index in [1.165, 1.54) is 0 Å². The third-order valence-corrected chi connectivity index (χ3v) is 7.58. The van der Waals surface area contributed by atoms with Crippen molar-refractivity contribution in [2.45, 2.75) is 42.4 Å². The van der Waals surface area contributed by atoms with Gasteiger partial charge in [-0.2, -0.15) is 10.4 Å². The molecule has 0 spiro atoms. The van der Waals surface area contributed by atoms with E-state index in [0.717, 1.165) is 23.9 Å². The van der Waals surface area contributed by atoms with E-state index < -0.39 is 36.5 Å². The van der Waals surface area contributed by atoms with Crippen LogP contribution >= 0.6 is 33.4 Å². The molecule has 0 radical (unpaired) electrons. The fraction of sp³-hybridized carbons (Fsp3) is 0.421. The zero-order valence-corrected chi connectivity index (χ0v) is 19.2. The van der Waals surface area contributed by atoms with Gasteiger partial charge in [0.1, 0.15) is 22.5 Å². The molecule has 2 aliphatic rings. The van der Waals surface area contributed by atoms with E-state index in [4.69, 9.17) is 28.9 Å². The van der Waals surface area contributed by atoms with Gasteiger partial charge in [-0.1, -0.05) is 55.5 Å². The van der Waals surface area contributed by atoms with Crippen LogP contribution in [-0.2, 0) is 10.2 Å². The number of amides is 1. The highest BCUT2D eigenvalue weighted by Crippen LogP contribution is 3.02. The second-order valence-electron chi connectivity index (χ2n) is 8.41. The topological polar surface area (TPSA) is 96.7 Å². The van der Waals surface area contributed by atoms with Crippen molar-refractivity contribution in [3.05, 3.63) is 33.4 Å². The van der Waals surface area contributed by atoms with Crippen LogP contribution in [0.4, 0.5) is 25.2 Å². The number of nitrogens with two attached hydrogens (primary N) is 1. The fourth-order valence-electron chi connectivity index (χ4n) is 3.79. The number of carbonyl (C=O) groups excluding carboxylic acids is 1. The molecule has 4 rings (SSSR count). The molecule has 2 fully saturated rings. The molecule has 6 nitrogen and oxygen atoms in total. The number of rotatable bonds is 8. The van der Waals surface area contributed by atoms with Crippen molar-refractivity contribution in [3.8, 4) is 11.8 Å².